The van der Waals surface area contributed by atoms with Crippen molar-refractivity contribution >= 4 is 5.91 Å². The van der Waals surface area contributed by atoms with Crippen LogP contribution in [0.5, 0.6) is 5.75 Å². The molecule has 2 heterocycles. The summed E-state index contributed by atoms with van der Waals surface area (Å²) in [5.74, 6) is 1.32. The third-order valence-electron chi connectivity index (χ3n) is 3.97. The first-order valence-corrected chi connectivity index (χ1v) is 8.76. The summed E-state index contributed by atoms with van der Waals surface area (Å²) in [5.41, 5.74) is 2.23. The molecule has 0 radical (unpaired) electrons. The van der Waals surface area contributed by atoms with E-state index >= 15 is 0 Å². The maximum Gasteiger partial charge on any atom is 0.251 e. The van der Waals surface area contributed by atoms with Gasteiger partial charge >= 0.3 is 0 Å². The lowest BCUT2D eigenvalue weighted by Crippen LogP contribution is -2.23. The lowest BCUT2D eigenvalue weighted by molar-refractivity contribution is 0.0951. The van der Waals surface area contributed by atoms with Gasteiger partial charge in [-0.05, 0) is 48.9 Å². The van der Waals surface area contributed by atoms with E-state index < -0.39 is 0 Å². The van der Waals surface area contributed by atoms with Crippen LogP contribution in [0.4, 0.5) is 0 Å². The number of aromatic nitrogens is 1. The second-order valence-corrected chi connectivity index (χ2v) is 5.90. The van der Waals surface area contributed by atoms with Crippen LogP contribution in [0.2, 0.25) is 0 Å². The summed E-state index contributed by atoms with van der Waals surface area (Å²) in [4.78, 5) is 16.7. The van der Waals surface area contributed by atoms with E-state index in [1.807, 2.05) is 36.4 Å². The number of carbonyl (C=O) groups is 1. The van der Waals surface area contributed by atoms with Crippen molar-refractivity contribution in [2.45, 2.75) is 26.3 Å². The molecule has 0 bridgehead atoms. The van der Waals surface area contributed by atoms with E-state index in [1.165, 1.54) is 0 Å². The zero-order chi connectivity index (χ0) is 18.2. The third kappa shape index (κ3) is 4.51. The van der Waals surface area contributed by atoms with Crippen LogP contribution in [0.3, 0.4) is 0 Å². The second kappa shape index (κ2) is 8.85. The SMILES string of the molecule is CCCCOc1ccc(C(=O)NCc2cccnc2-c2ccco2)cc1. The van der Waals surface area contributed by atoms with Gasteiger partial charge in [0.1, 0.15) is 11.4 Å². The molecule has 0 aliphatic rings. The normalized spacial score (nSPS) is 10.5. The number of nitrogens with one attached hydrogen (secondary N) is 1. The molecule has 3 aromatic rings. The van der Waals surface area contributed by atoms with Gasteiger partial charge in [-0.3, -0.25) is 9.78 Å². The molecule has 26 heavy (non-hydrogen) atoms. The zero-order valence-corrected chi connectivity index (χ0v) is 14.8. The topological polar surface area (TPSA) is 64.4 Å². The van der Waals surface area contributed by atoms with Crippen molar-refractivity contribution in [1.82, 2.24) is 10.3 Å². The van der Waals surface area contributed by atoms with E-state index in [9.17, 15) is 4.79 Å². The van der Waals surface area contributed by atoms with Gasteiger partial charge in [-0.15, -0.1) is 0 Å². The van der Waals surface area contributed by atoms with Crippen molar-refractivity contribution in [2.24, 2.45) is 0 Å². The quantitative estimate of drug-likeness (QED) is 0.610. The average Bonchev–Trinajstić information content (AvgIpc) is 3.22. The molecule has 0 spiro atoms. The van der Waals surface area contributed by atoms with Crippen LogP contribution in [0.15, 0.2) is 65.4 Å². The van der Waals surface area contributed by atoms with Gasteiger partial charge < -0.3 is 14.5 Å². The van der Waals surface area contributed by atoms with Crippen molar-refractivity contribution in [3.05, 3.63) is 72.1 Å². The summed E-state index contributed by atoms with van der Waals surface area (Å²) in [6.07, 6.45) is 5.43. The molecule has 0 unspecified atom stereocenters. The number of benzene rings is 1. The Balaban J connectivity index is 1.61. The highest BCUT2D eigenvalue weighted by atomic mass is 16.5. The van der Waals surface area contributed by atoms with E-state index in [2.05, 4.69) is 17.2 Å². The predicted octanol–water partition coefficient (Wildman–Crippen LogP) is 4.45. The lowest BCUT2D eigenvalue weighted by atomic mass is 10.1. The van der Waals surface area contributed by atoms with Crippen LogP contribution in [-0.4, -0.2) is 17.5 Å². The van der Waals surface area contributed by atoms with Crippen LogP contribution in [0, 0.1) is 0 Å². The minimum Gasteiger partial charge on any atom is -0.494 e. The molecule has 0 fully saturated rings. The number of unbranched alkanes of at least 4 members (excludes halogenated alkanes) is 1. The van der Waals surface area contributed by atoms with Gasteiger partial charge in [0.15, 0.2) is 5.76 Å². The number of rotatable bonds is 8. The number of furan rings is 1. The third-order valence-corrected chi connectivity index (χ3v) is 3.97. The first-order chi connectivity index (χ1) is 12.8. The maximum atomic E-state index is 12.4. The largest absolute Gasteiger partial charge is 0.494 e. The van der Waals surface area contributed by atoms with Crippen LogP contribution in [0.25, 0.3) is 11.5 Å². The number of hydrogen-bond acceptors (Lipinski definition) is 4. The van der Waals surface area contributed by atoms with Gasteiger partial charge in [-0.2, -0.15) is 0 Å². The summed E-state index contributed by atoms with van der Waals surface area (Å²) in [7, 11) is 0. The van der Waals surface area contributed by atoms with Crippen molar-refractivity contribution in [1.29, 1.82) is 0 Å². The molecule has 1 amide bonds. The molecule has 134 valence electrons. The molecule has 3 rings (SSSR count). The minimum atomic E-state index is -0.139. The van der Waals surface area contributed by atoms with Gasteiger partial charge in [0.2, 0.25) is 0 Å². The number of hydrogen-bond donors (Lipinski definition) is 1. The van der Waals surface area contributed by atoms with Gasteiger partial charge in [0.25, 0.3) is 5.91 Å². The molecular weight excluding hydrogens is 328 g/mol. The van der Waals surface area contributed by atoms with Crippen molar-refractivity contribution in [3.63, 3.8) is 0 Å². The molecule has 0 atom stereocenters. The van der Waals surface area contributed by atoms with Crippen LogP contribution < -0.4 is 10.1 Å². The van der Waals surface area contributed by atoms with E-state index in [0.717, 1.165) is 29.8 Å². The standard InChI is InChI=1S/C21H22N2O3/c1-2-3-13-25-18-10-8-16(9-11-18)21(24)23-15-17-6-4-12-22-20(17)19-7-5-14-26-19/h4-12,14H,2-3,13,15H2,1H3,(H,23,24). The highest BCUT2D eigenvalue weighted by molar-refractivity contribution is 5.94. The predicted molar refractivity (Wildman–Crippen MR) is 100.0 cm³/mol. The number of carbonyl (C=O) groups excluding carboxylic acids is 1. The van der Waals surface area contributed by atoms with Crippen molar-refractivity contribution < 1.29 is 13.9 Å². The molecule has 1 aromatic carbocycles. The highest BCUT2D eigenvalue weighted by Gasteiger charge is 2.11. The minimum absolute atomic E-state index is 0.139. The van der Waals surface area contributed by atoms with E-state index in [4.69, 9.17) is 9.15 Å². The maximum absolute atomic E-state index is 12.4. The summed E-state index contributed by atoms with van der Waals surface area (Å²) in [5, 5.41) is 2.93. The van der Waals surface area contributed by atoms with E-state index in [0.29, 0.717) is 24.5 Å². The summed E-state index contributed by atoms with van der Waals surface area (Å²) < 4.78 is 11.0. The lowest BCUT2D eigenvalue weighted by Gasteiger charge is -2.09. The number of amides is 1. The van der Waals surface area contributed by atoms with Crippen LogP contribution in [-0.2, 0) is 6.54 Å². The Morgan fingerprint density at radius 1 is 1.15 bits per heavy atom. The van der Waals surface area contributed by atoms with Gasteiger partial charge in [0, 0.05) is 23.9 Å². The average molecular weight is 350 g/mol. The Labute approximate surface area is 153 Å². The molecule has 5 nitrogen and oxygen atoms in total. The Morgan fingerprint density at radius 3 is 2.73 bits per heavy atom. The van der Waals surface area contributed by atoms with E-state index in [-0.39, 0.29) is 5.91 Å². The molecule has 0 saturated carbocycles. The molecule has 0 aliphatic heterocycles. The second-order valence-electron chi connectivity index (χ2n) is 5.90. The first kappa shape index (κ1) is 17.7. The Hall–Kier alpha value is -3.08. The van der Waals surface area contributed by atoms with Gasteiger partial charge in [0.05, 0.1) is 12.9 Å². The fourth-order valence-electron chi connectivity index (χ4n) is 2.53. The number of pyridine rings is 1. The highest BCUT2D eigenvalue weighted by Crippen LogP contribution is 2.21. The molecule has 5 heteroatoms. The fourth-order valence-corrected chi connectivity index (χ4v) is 2.53. The molecular formula is C21H22N2O3. The molecule has 0 saturated heterocycles. The van der Waals surface area contributed by atoms with Crippen LogP contribution >= 0.6 is 0 Å². The van der Waals surface area contributed by atoms with Crippen LogP contribution in [0.1, 0.15) is 35.7 Å². The Kier molecular flexibility index (Phi) is 6.04. The number of nitrogens with zero attached hydrogens (tertiary/aromatic N) is 1. The molecule has 0 aliphatic carbocycles. The first-order valence-electron chi connectivity index (χ1n) is 8.76. The summed E-state index contributed by atoms with van der Waals surface area (Å²) in [6.45, 7) is 3.19. The van der Waals surface area contributed by atoms with Crippen molar-refractivity contribution in [3.8, 4) is 17.2 Å². The van der Waals surface area contributed by atoms with Gasteiger partial charge in [-0.1, -0.05) is 19.4 Å². The molecule has 1 N–H and O–H groups in total. The van der Waals surface area contributed by atoms with Gasteiger partial charge in [-0.25, -0.2) is 0 Å². The van der Waals surface area contributed by atoms with Crippen molar-refractivity contribution in [2.75, 3.05) is 6.61 Å². The Bertz CT molecular complexity index is 827. The Morgan fingerprint density at radius 2 is 2.00 bits per heavy atom. The summed E-state index contributed by atoms with van der Waals surface area (Å²) in [6, 6.07) is 14.6. The number of ether oxygens (including phenoxy) is 1. The van der Waals surface area contributed by atoms with E-state index in [1.54, 1.807) is 24.6 Å². The smallest absolute Gasteiger partial charge is 0.251 e. The monoisotopic (exact) mass is 350 g/mol. The summed E-state index contributed by atoms with van der Waals surface area (Å²) >= 11 is 0. The zero-order valence-electron chi connectivity index (χ0n) is 14.8. The fraction of sp³-hybridized carbons (Fsp3) is 0.238. The molecule has 2 aromatic heterocycles.